The third-order valence-corrected chi connectivity index (χ3v) is 4.47. The molecule has 1 atom stereocenters. The first-order chi connectivity index (χ1) is 9.35. The molecule has 0 bridgehead atoms. The molecule has 1 aromatic carbocycles. The third-order valence-electron chi connectivity index (χ3n) is 3.18. The first kappa shape index (κ1) is 15.5. The molecule has 5 nitrogen and oxygen atoms in total. The van der Waals surface area contributed by atoms with Crippen molar-refractivity contribution in [1.29, 1.82) is 0 Å². The minimum atomic E-state index is -3.24. The molecule has 1 aliphatic rings. The van der Waals surface area contributed by atoms with Gasteiger partial charge in [0.15, 0.2) is 0 Å². The molecule has 0 spiro atoms. The second kappa shape index (κ2) is 6.24. The van der Waals surface area contributed by atoms with Crippen LogP contribution in [0.2, 0.25) is 0 Å². The fourth-order valence-electron chi connectivity index (χ4n) is 2.34. The van der Waals surface area contributed by atoms with E-state index in [1.165, 1.54) is 0 Å². The van der Waals surface area contributed by atoms with E-state index in [1.807, 2.05) is 12.1 Å². The van der Waals surface area contributed by atoms with Crippen LogP contribution in [0.4, 0.5) is 0 Å². The molecule has 0 radical (unpaired) electrons. The maximum absolute atomic E-state index is 12.4. The molecule has 1 heterocycles. The van der Waals surface area contributed by atoms with E-state index in [1.54, 1.807) is 17.0 Å². The van der Waals surface area contributed by atoms with Crippen molar-refractivity contribution in [3.63, 3.8) is 0 Å². The summed E-state index contributed by atoms with van der Waals surface area (Å²) < 4.78 is 26.0. The number of sulfonamides is 1. The summed E-state index contributed by atoms with van der Waals surface area (Å²) in [6.07, 6.45) is 2.70. The molecule has 7 heteroatoms. The lowest BCUT2D eigenvalue weighted by atomic mass is 10.1. The van der Waals surface area contributed by atoms with Crippen molar-refractivity contribution in [3.8, 4) is 0 Å². The highest BCUT2D eigenvalue weighted by molar-refractivity contribution is 9.10. The number of amides is 1. The highest BCUT2D eigenvalue weighted by Gasteiger charge is 2.26. The average Bonchev–Trinajstić information content (AvgIpc) is 2.37. The normalized spacial score (nSPS) is 19.9. The second-order valence-electron chi connectivity index (χ2n) is 4.99. The van der Waals surface area contributed by atoms with E-state index >= 15 is 0 Å². The van der Waals surface area contributed by atoms with Crippen molar-refractivity contribution in [2.75, 3.05) is 19.3 Å². The predicted octanol–water partition coefficient (Wildman–Crippen LogP) is 1.60. The highest BCUT2D eigenvalue weighted by atomic mass is 79.9. The van der Waals surface area contributed by atoms with Crippen molar-refractivity contribution in [2.24, 2.45) is 0 Å². The van der Waals surface area contributed by atoms with Crippen LogP contribution in [-0.4, -0.2) is 44.6 Å². The SMILES string of the molecule is CS(=O)(=O)NC1CCCN(C(=O)c2ccc(Br)cc2)C1. The molecule has 1 unspecified atom stereocenters. The number of hydrogen-bond acceptors (Lipinski definition) is 3. The minimum absolute atomic E-state index is 0.0579. The van der Waals surface area contributed by atoms with Gasteiger partial charge in [-0.25, -0.2) is 13.1 Å². The van der Waals surface area contributed by atoms with Crippen molar-refractivity contribution in [3.05, 3.63) is 34.3 Å². The molecule has 1 aliphatic heterocycles. The Kier molecular flexibility index (Phi) is 4.82. The van der Waals surface area contributed by atoms with Gasteiger partial charge in [0.2, 0.25) is 10.0 Å². The molecule has 1 N–H and O–H groups in total. The van der Waals surface area contributed by atoms with Gasteiger partial charge in [-0.2, -0.15) is 0 Å². The van der Waals surface area contributed by atoms with Gasteiger partial charge in [-0.3, -0.25) is 4.79 Å². The molecule has 1 saturated heterocycles. The Morgan fingerprint density at radius 3 is 2.60 bits per heavy atom. The summed E-state index contributed by atoms with van der Waals surface area (Å²) in [7, 11) is -3.24. The van der Waals surface area contributed by atoms with Crippen molar-refractivity contribution in [2.45, 2.75) is 18.9 Å². The van der Waals surface area contributed by atoms with Crippen LogP contribution in [0.3, 0.4) is 0 Å². The largest absolute Gasteiger partial charge is 0.337 e. The molecule has 20 heavy (non-hydrogen) atoms. The number of carbonyl (C=O) groups is 1. The Hall–Kier alpha value is -0.920. The van der Waals surface area contributed by atoms with Gasteiger partial charge in [-0.15, -0.1) is 0 Å². The zero-order valence-electron chi connectivity index (χ0n) is 11.2. The summed E-state index contributed by atoms with van der Waals surface area (Å²) in [4.78, 5) is 14.1. The topological polar surface area (TPSA) is 66.5 Å². The number of benzene rings is 1. The van der Waals surface area contributed by atoms with Crippen LogP contribution in [0.5, 0.6) is 0 Å². The van der Waals surface area contributed by atoms with Crippen LogP contribution in [0.15, 0.2) is 28.7 Å². The zero-order chi connectivity index (χ0) is 14.8. The molecular weight excluding hydrogens is 344 g/mol. The van der Waals surface area contributed by atoms with Crippen molar-refractivity contribution >= 4 is 31.9 Å². The van der Waals surface area contributed by atoms with Crippen molar-refractivity contribution in [1.82, 2.24) is 9.62 Å². The van der Waals surface area contributed by atoms with E-state index in [0.717, 1.165) is 23.6 Å². The monoisotopic (exact) mass is 360 g/mol. The Bertz CT molecular complexity index is 586. The van der Waals surface area contributed by atoms with Crippen LogP contribution in [0.25, 0.3) is 0 Å². The minimum Gasteiger partial charge on any atom is -0.337 e. The van der Waals surface area contributed by atoms with E-state index < -0.39 is 10.0 Å². The van der Waals surface area contributed by atoms with Crippen LogP contribution in [0, 0.1) is 0 Å². The Balaban J connectivity index is 2.05. The number of nitrogens with zero attached hydrogens (tertiary/aromatic N) is 1. The first-order valence-corrected chi connectivity index (χ1v) is 9.06. The Labute approximate surface area is 127 Å². The van der Waals surface area contributed by atoms with E-state index in [-0.39, 0.29) is 11.9 Å². The van der Waals surface area contributed by atoms with Crippen LogP contribution < -0.4 is 4.72 Å². The number of halogens is 1. The Morgan fingerprint density at radius 1 is 1.35 bits per heavy atom. The lowest BCUT2D eigenvalue weighted by molar-refractivity contribution is 0.0703. The van der Waals surface area contributed by atoms with Gasteiger partial charge in [-0.1, -0.05) is 15.9 Å². The molecule has 1 amide bonds. The first-order valence-electron chi connectivity index (χ1n) is 6.37. The van der Waals surface area contributed by atoms with Gasteiger partial charge >= 0.3 is 0 Å². The molecule has 0 saturated carbocycles. The predicted molar refractivity (Wildman–Crippen MR) is 81.0 cm³/mol. The maximum Gasteiger partial charge on any atom is 0.253 e. The van der Waals surface area contributed by atoms with Gasteiger partial charge < -0.3 is 4.90 Å². The lowest BCUT2D eigenvalue weighted by Crippen LogP contribution is -2.49. The van der Waals surface area contributed by atoms with Crippen LogP contribution in [-0.2, 0) is 10.0 Å². The summed E-state index contributed by atoms with van der Waals surface area (Å²) >= 11 is 3.33. The second-order valence-corrected chi connectivity index (χ2v) is 7.68. The number of nitrogens with one attached hydrogen (secondary N) is 1. The quantitative estimate of drug-likeness (QED) is 0.890. The number of piperidine rings is 1. The van der Waals surface area contributed by atoms with Gasteiger partial charge in [0.1, 0.15) is 0 Å². The summed E-state index contributed by atoms with van der Waals surface area (Å²) in [5, 5.41) is 0. The number of carbonyl (C=O) groups excluding carboxylic acids is 1. The van der Waals surface area contributed by atoms with Crippen LogP contribution in [0.1, 0.15) is 23.2 Å². The molecule has 0 aliphatic carbocycles. The average molecular weight is 361 g/mol. The van der Waals surface area contributed by atoms with E-state index in [2.05, 4.69) is 20.7 Å². The zero-order valence-corrected chi connectivity index (χ0v) is 13.6. The number of hydrogen-bond donors (Lipinski definition) is 1. The number of rotatable bonds is 3. The van der Waals surface area contributed by atoms with Gasteiger partial charge in [0.25, 0.3) is 5.91 Å². The van der Waals surface area contributed by atoms with Crippen LogP contribution >= 0.6 is 15.9 Å². The smallest absolute Gasteiger partial charge is 0.253 e. The van der Waals surface area contributed by atoms with Gasteiger partial charge in [-0.05, 0) is 37.1 Å². The summed E-state index contributed by atoms with van der Waals surface area (Å²) in [5.41, 5.74) is 0.619. The molecule has 110 valence electrons. The molecule has 2 rings (SSSR count). The van der Waals surface area contributed by atoms with Crippen molar-refractivity contribution < 1.29 is 13.2 Å². The Morgan fingerprint density at radius 2 is 2.00 bits per heavy atom. The summed E-state index contributed by atoms with van der Waals surface area (Å²) in [5.74, 6) is -0.0579. The summed E-state index contributed by atoms with van der Waals surface area (Å²) in [6, 6.07) is 6.98. The van der Waals surface area contributed by atoms with E-state index in [4.69, 9.17) is 0 Å². The fraction of sp³-hybridized carbons (Fsp3) is 0.462. The van der Waals surface area contributed by atoms with Gasteiger partial charge in [0, 0.05) is 29.2 Å². The fourth-order valence-corrected chi connectivity index (χ4v) is 3.40. The van der Waals surface area contributed by atoms with E-state index in [9.17, 15) is 13.2 Å². The molecular formula is C13H17BrN2O3S. The summed E-state index contributed by atoms with van der Waals surface area (Å²) in [6.45, 7) is 1.08. The van der Waals surface area contributed by atoms with Gasteiger partial charge in [0.05, 0.1) is 6.26 Å². The molecule has 1 fully saturated rings. The van der Waals surface area contributed by atoms with E-state index in [0.29, 0.717) is 18.7 Å². The molecule has 0 aromatic heterocycles. The third kappa shape index (κ3) is 4.29. The molecule has 1 aromatic rings. The maximum atomic E-state index is 12.4. The highest BCUT2D eigenvalue weighted by Crippen LogP contribution is 2.16. The number of likely N-dealkylation sites (tertiary alicyclic amines) is 1. The standard InChI is InChI=1S/C13H17BrN2O3S/c1-20(18,19)15-12-3-2-8-16(9-12)13(17)10-4-6-11(14)7-5-10/h4-7,12,15H,2-3,8-9H2,1H3. The lowest BCUT2D eigenvalue weighted by Gasteiger charge is -2.32.